The minimum absolute atomic E-state index is 0.107. The zero-order valence-corrected chi connectivity index (χ0v) is 35.1. The molecule has 2 aromatic heterocycles. The molecule has 0 unspecified atom stereocenters. The Morgan fingerprint density at radius 2 is 1.02 bits per heavy atom. The molecule has 8 saturated heterocycles. The molecule has 0 aromatic carbocycles. The van der Waals surface area contributed by atoms with Gasteiger partial charge in [-0.05, 0) is 69.2 Å². The van der Waals surface area contributed by atoms with E-state index in [-0.39, 0.29) is 44.2 Å². The number of nitrogens with zero attached hydrogens (tertiary/aromatic N) is 6. The normalized spacial score (nSPS) is 43.4. The Balaban J connectivity index is 0.775. The summed E-state index contributed by atoms with van der Waals surface area (Å²) in [6, 6.07) is 0. The monoisotopic (exact) mass is 836 g/mol. The summed E-state index contributed by atoms with van der Waals surface area (Å²) in [5.74, 6) is -3.90. The summed E-state index contributed by atoms with van der Waals surface area (Å²) >= 11 is 0. The van der Waals surface area contributed by atoms with Gasteiger partial charge in [0.25, 0.3) is 0 Å². The zero-order valence-electron chi connectivity index (χ0n) is 35.1. The van der Waals surface area contributed by atoms with Crippen LogP contribution in [0, 0.1) is 0 Å². The molecule has 59 heavy (non-hydrogen) atoms. The van der Waals surface area contributed by atoms with Gasteiger partial charge < -0.3 is 71.1 Å². The minimum atomic E-state index is -0.853. The van der Waals surface area contributed by atoms with Gasteiger partial charge in [-0.3, -0.25) is 0 Å². The molecule has 10 rings (SSSR count). The van der Waals surface area contributed by atoms with E-state index in [4.69, 9.17) is 71.1 Å². The van der Waals surface area contributed by atoms with Crippen LogP contribution in [-0.2, 0) is 84.3 Å². The fraction of sp³-hybridized carbons (Fsp3) is 0.895. The Kier molecular flexibility index (Phi) is 9.91. The Morgan fingerprint density at radius 3 is 1.53 bits per heavy atom. The standard InChI is InChI=1S/C38H56N6O15/c1-34(2)47-16-21(52-34)24-26-28(56-36(5,6)54-26)31(50-24)43-11-18(39-41-43)13-45-15-20-23(30-33(49-20)59-38(9,10)58-30)46-14-19-12-44(42-40-19)32-29-27(55-37(7,8)57-29)25(51-32)22-17-48-35(3,4)53-22/h11-12,20-33H,13-17H2,1-10H3/t20-,21-,22-,23+,24-,25-,26+,27+,28+,29+,30-,31-,32-,33-/m1/s1. The van der Waals surface area contributed by atoms with E-state index in [1.807, 2.05) is 69.2 Å². The molecule has 2 aromatic rings. The largest absolute Gasteiger partial charge is 0.372 e. The third kappa shape index (κ3) is 7.88. The molecule has 0 radical (unpaired) electrons. The maximum atomic E-state index is 6.50. The Labute approximate surface area is 341 Å². The summed E-state index contributed by atoms with van der Waals surface area (Å²) in [7, 11) is 0. The molecule has 10 heterocycles. The quantitative estimate of drug-likeness (QED) is 0.318. The van der Waals surface area contributed by atoms with Crippen LogP contribution in [-0.4, -0.2) is 152 Å². The summed E-state index contributed by atoms with van der Waals surface area (Å²) in [5, 5.41) is 17.6. The van der Waals surface area contributed by atoms with E-state index in [9.17, 15) is 0 Å². The molecule has 21 heteroatoms. The minimum Gasteiger partial charge on any atom is -0.372 e. The SMILES string of the molecule is CC1(C)O[C@H]2O[C@H](COCc3cn([C@@H]4O[C@H]([C@H]5COC(C)(C)O5)[C@@H]5OC(C)(C)O[C@@H]54)nn3)[C@H](OCc3cn([C@@H]4O[C@H]([C@H]5COC(C)(C)O5)[C@@H]5OC(C)(C)O[C@@H]54)nn3)[C@H]2O1. The maximum absolute atomic E-state index is 6.50. The van der Waals surface area contributed by atoms with Gasteiger partial charge in [0.2, 0.25) is 0 Å². The lowest BCUT2D eigenvalue weighted by Gasteiger charge is -2.26. The molecule has 0 saturated carbocycles. The summed E-state index contributed by atoms with van der Waals surface area (Å²) < 4.78 is 96.6. The van der Waals surface area contributed by atoms with E-state index in [1.165, 1.54) is 0 Å². The molecule has 0 bridgehead atoms. The molecule has 328 valence electrons. The van der Waals surface area contributed by atoms with Gasteiger partial charge in [-0.2, -0.15) is 0 Å². The third-order valence-electron chi connectivity index (χ3n) is 11.6. The first-order chi connectivity index (χ1) is 27.8. The van der Waals surface area contributed by atoms with Gasteiger partial charge in [0.05, 0.1) is 45.4 Å². The molecule has 8 fully saturated rings. The molecule has 0 spiro atoms. The Bertz CT molecular complexity index is 1860. The highest BCUT2D eigenvalue weighted by Gasteiger charge is 2.62. The van der Waals surface area contributed by atoms with E-state index in [2.05, 4.69) is 20.6 Å². The van der Waals surface area contributed by atoms with Crippen LogP contribution in [0.3, 0.4) is 0 Å². The topological polar surface area (TPSA) is 200 Å². The van der Waals surface area contributed by atoms with Crippen molar-refractivity contribution >= 4 is 0 Å². The van der Waals surface area contributed by atoms with Gasteiger partial charge in [0.15, 0.2) is 47.7 Å². The molecule has 0 amide bonds. The van der Waals surface area contributed by atoms with Crippen molar-refractivity contribution in [3.8, 4) is 0 Å². The molecular formula is C38H56N6O15. The fourth-order valence-electron chi connectivity index (χ4n) is 9.35. The first-order valence-corrected chi connectivity index (χ1v) is 20.5. The van der Waals surface area contributed by atoms with Crippen LogP contribution in [0.15, 0.2) is 12.4 Å². The second kappa shape index (κ2) is 14.4. The Hall–Kier alpha value is -2.32. The van der Waals surface area contributed by atoms with Gasteiger partial charge in [-0.25, -0.2) is 9.36 Å². The van der Waals surface area contributed by atoms with Crippen molar-refractivity contribution in [2.45, 2.75) is 197 Å². The van der Waals surface area contributed by atoms with Gasteiger partial charge in [0, 0.05) is 0 Å². The molecule has 21 nitrogen and oxygen atoms in total. The van der Waals surface area contributed by atoms with Crippen LogP contribution in [0.5, 0.6) is 0 Å². The number of hydrogen-bond acceptors (Lipinski definition) is 19. The average molecular weight is 837 g/mol. The molecule has 14 atom stereocenters. The van der Waals surface area contributed by atoms with Crippen LogP contribution < -0.4 is 0 Å². The summed E-state index contributed by atoms with van der Waals surface area (Å²) in [6.45, 7) is 19.9. The number of hydrogen-bond donors (Lipinski definition) is 0. The summed E-state index contributed by atoms with van der Waals surface area (Å²) in [4.78, 5) is 0. The van der Waals surface area contributed by atoms with Crippen molar-refractivity contribution in [2.75, 3.05) is 19.8 Å². The van der Waals surface area contributed by atoms with E-state index >= 15 is 0 Å². The van der Waals surface area contributed by atoms with Crippen LogP contribution in [0.1, 0.15) is 93.1 Å². The lowest BCUT2D eigenvalue weighted by atomic mass is 10.1. The number of rotatable bonds is 11. The third-order valence-corrected chi connectivity index (χ3v) is 11.6. The smallest absolute Gasteiger partial charge is 0.190 e. The second-order valence-corrected chi connectivity index (χ2v) is 18.7. The van der Waals surface area contributed by atoms with Crippen LogP contribution in [0.4, 0.5) is 0 Å². The lowest BCUT2D eigenvalue weighted by Crippen LogP contribution is -2.40. The highest BCUT2D eigenvalue weighted by atomic mass is 16.8. The number of aromatic nitrogens is 6. The van der Waals surface area contributed by atoms with Crippen LogP contribution >= 0.6 is 0 Å². The number of ether oxygens (including phenoxy) is 15. The molecular weight excluding hydrogens is 780 g/mol. The van der Waals surface area contributed by atoms with E-state index in [0.717, 1.165) is 0 Å². The summed E-state index contributed by atoms with van der Waals surface area (Å²) in [6.07, 6.45) is -3.03. The van der Waals surface area contributed by atoms with Gasteiger partial charge in [0.1, 0.15) is 78.5 Å². The van der Waals surface area contributed by atoms with Crippen molar-refractivity contribution in [2.24, 2.45) is 0 Å². The zero-order chi connectivity index (χ0) is 41.3. The van der Waals surface area contributed by atoms with Crippen molar-refractivity contribution in [1.82, 2.24) is 30.0 Å². The van der Waals surface area contributed by atoms with E-state index in [1.54, 1.807) is 21.8 Å². The van der Waals surface area contributed by atoms with Crippen molar-refractivity contribution in [1.29, 1.82) is 0 Å². The van der Waals surface area contributed by atoms with Gasteiger partial charge >= 0.3 is 0 Å². The molecule has 8 aliphatic heterocycles. The molecule has 0 N–H and O–H groups in total. The molecule has 8 aliphatic rings. The van der Waals surface area contributed by atoms with Gasteiger partial charge in [-0.15, -0.1) is 10.2 Å². The van der Waals surface area contributed by atoms with Crippen molar-refractivity contribution in [3.05, 3.63) is 23.8 Å². The number of fused-ring (bicyclic) bond motifs is 3. The fourth-order valence-corrected chi connectivity index (χ4v) is 9.35. The van der Waals surface area contributed by atoms with Crippen LogP contribution in [0.2, 0.25) is 0 Å². The van der Waals surface area contributed by atoms with E-state index < -0.39 is 90.4 Å². The lowest BCUT2D eigenvalue weighted by molar-refractivity contribution is -0.225. The van der Waals surface area contributed by atoms with E-state index in [0.29, 0.717) is 24.6 Å². The predicted octanol–water partition coefficient (Wildman–Crippen LogP) is 1.99. The average Bonchev–Trinajstić information content (AvgIpc) is 3.98. The van der Waals surface area contributed by atoms with Gasteiger partial charge in [-0.1, -0.05) is 10.4 Å². The summed E-state index contributed by atoms with van der Waals surface area (Å²) in [5.41, 5.74) is 1.16. The van der Waals surface area contributed by atoms with Crippen LogP contribution in [0.25, 0.3) is 0 Å². The first kappa shape index (κ1) is 40.7. The second-order valence-electron chi connectivity index (χ2n) is 18.7. The maximum Gasteiger partial charge on any atom is 0.190 e. The predicted molar refractivity (Wildman–Crippen MR) is 192 cm³/mol. The van der Waals surface area contributed by atoms with Crippen molar-refractivity contribution < 1.29 is 71.1 Å². The van der Waals surface area contributed by atoms with Crippen molar-refractivity contribution in [3.63, 3.8) is 0 Å². The highest BCUT2D eigenvalue weighted by molar-refractivity contribution is 5.05. The Morgan fingerprint density at radius 1 is 0.542 bits per heavy atom. The molecule has 0 aliphatic carbocycles. The highest BCUT2D eigenvalue weighted by Crippen LogP contribution is 2.47. The first-order valence-electron chi connectivity index (χ1n) is 20.5.